The Morgan fingerprint density at radius 1 is 1.08 bits per heavy atom. The van der Waals surface area contributed by atoms with Crippen molar-refractivity contribution in [2.24, 2.45) is 0 Å². The number of anilines is 1. The van der Waals surface area contributed by atoms with Crippen LogP contribution in [0.15, 0.2) is 12.4 Å². The number of amides is 2. The standard InChI is InChI=1S/C17H25N5O2/c1-13(23)21-7-9-22(10-8-21)16-11-15(18-12-19-16)17(24)20-14-5-3-2-4-6-14/h11-12,14H,2-10H2,1H3,(H,20,24). The van der Waals surface area contributed by atoms with Gasteiger partial charge in [-0.25, -0.2) is 9.97 Å². The van der Waals surface area contributed by atoms with Gasteiger partial charge in [0.05, 0.1) is 0 Å². The minimum Gasteiger partial charge on any atom is -0.353 e. The van der Waals surface area contributed by atoms with Gasteiger partial charge in [0, 0.05) is 45.2 Å². The summed E-state index contributed by atoms with van der Waals surface area (Å²) >= 11 is 0. The van der Waals surface area contributed by atoms with E-state index in [0.717, 1.165) is 31.7 Å². The van der Waals surface area contributed by atoms with Crippen LogP contribution in [0.25, 0.3) is 0 Å². The van der Waals surface area contributed by atoms with Crippen molar-refractivity contribution in [3.63, 3.8) is 0 Å². The van der Waals surface area contributed by atoms with E-state index in [-0.39, 0.29) is 17.9 Å². The monoisotopic (exact) mass is 331 g/mol. The van der Waals surface area contributed by atoms with Crippen LogP contribution in [-0.4, -0.2) is 58.9 Å². The van der Waals surface area contributed by atoms with Crippen molar-refractivity contribution in [2.75, 3.05) is 31.1 Å². The summed E-state index contributed by atoms with van der Waals surface area (Å²) in [7, 11) is 0. The fourth-order valence-corrected chi connectivity index (χ4v) is 3.40. The molecule has 1 aliphatic carbocycles. The highest BCUT2D eigenvalue weighted by Gasteiger charge is 2.22. The molecule has 0 spiro atoms. The predicted octanol–water partition coefficient (Wildman–Crippen LogP) is 1.21. The summed E-state index contributed by atoms with van der Waals surface area (Å²) in [6, 6.07) is 2.02. The van der Waals surface area contributed by atoms with E-state index >= 15 is 0 Å². The molecule has 7 heteroatoms. The molecule has 1 aromatic heterocycles. The van der Waals surface area contributed by atoms with E-state index in [1.54, 1.807) is 13.0 Å². The number of piperazine rings is 1. The molecular weight excluding hydrogens is 306 g/mol. The lowest BCUT2D eigenvalue weighted by atomic mass is 9.95. The lowest BCUT2D eigenvalue weighted by Gasteiger charge is -2.34. The van der Waals surface area contributed by atoms with Gasteiger partial charge in [0.1, 0.15) is 17.8 Å². The molecule has 1 aromatic rings. The van der Waals surface area contributed by atoms with Crippen molar-refractivity contribution >= 4 is 17.6 Å². The van der Waals surface area contributed by atoms with E-state index in [2.05, 4.69) is 20.2 Å². The third-order valence-electron chi connectivity index (χ3n) is 4.87. The first-order valence-corrected chi connectivity index (χ1v) is 8.77. The third-order valence-corrected chi connectivity index (χ3v) is 4.87. The molecule has 0 bridgehead atoms. The van der Waals surface area contributed by atoms with E-state index in [0.29, 0.717) is 18.8 Å². The highest BCUT2D eigenvalue weighted by molar-refractivity contribution is 5.93. The van der Waals surface area contributed by atoms with Crippen molar-refractivity contribution in [3.8, 4) is 0 Å². The van der Waals surface area contributed by atoms with Gasteiger partial charge >= 0.3 is 0 Å². The first-order chi connectivity index (χ1) is 11.6. The number of rotatable bonds is 3. The molecule has 0 unspecified atom stereocenters. The minimum atomic E-state index is -0.118. The molecule has 130 valence electrons. The molecular formula is C17H25N5O2. The van der Waals surface area contributed by atoms with E-state index in [9.17, 15) is 9.59 Å². The highest BCUT2D eigenvalue weighted by Crippen LogP contribution is 2.18. The Morgan fingerprint density at radius 3 is 2.46 bits per heavy atom. The molecule has 1 aliphatic heterocycles. The maximum atomic E-state index is 12.4. The van der Waals surface area contributed by atoms with E-state index in [1.807, 2.05) is 4.90 Å². The van der Waals surface area contributed by atoms with Gasteiger partial charge in [0.2, 0.25) is 5.91 Å². The lowest BCUT2D eigenvalue weighted by Crippen LogP contribution is -2.48. The number of nitrogens with one attached hydrogen (secondary N) is 1. The number of carbonyl (C=O) groups excluding carboxylic acids is 2. The van der Waals surface area contributed by atoms with Crippen LogP contribution >= 0.6 is 0 Å². The summed E-state index contributed by atoms with van der Waals surface area (Å²) < 4.78 is 0. The topological polar surface area (TPSA) is 78.4 Å². The second-order valence-corrected chi connectivity index (χ2v) is 6.56. The molecule has 2 amide bonds. The number of carbonyl (C=O) groups is 2. The Hall–Kier alpha value is -2.18. The van der Waals surface area contributed by atoms with Gasteiger partial charge in [-0.15, -0.1) is 0 Å². The fourth-order valence-electron chi connectivity index (χ4n) is 3.40. The average molecular weight is 331 g/mol. The van der Waals surface area contributed by atoms with Crippen molar-refractivity contribution < 1.29 is 9.59 Å². The second kappa shape index (κ2) is 7.59. The molecule has 7 nitrogen and oxygen atoms in total. The van der Waals surface area contributed by atoms with Crippen LogP contribution < -0.4 is 10.2 Å². The normalized spacial score (nSPS) is 19.2. The number of hydrogen-bond acceptors (Lipinski definition) is 5. The zero-order valence-electron chi connectivity index (χ0n) is 14.2. The number of aromatic nitrogens is 2. The van der Waals surface area contributed by atoms with Gasteiger partial charge in [0.25, 0.3) is 5.91 Å². The first kappa shape index (κ1) is 16.7. The van der Waals surface area contributed by atoms with E-state index in [1.165, 1.54) is 25.6 Å². The van der Waals surface area contributed by atoms with Crippen LogP contribution in [-0.2, 0) is 4.79 Å². The van der Waals surface area contributed by atoms with Gasteiger partial charge in [-0.1, -0.05) is 19.3 Å². The van der Waals surface area contributed by atoms with Crippen molar-refractivity contribution in [2.45, 2.75) is 45.1 Å². The molecule has 2 aliphatic rings. The number of hydrogen-bond donors (Lipinski definition) is 1. The second-order valence-electron chi connectivity index (χ2n) is 6.56. The molecule has 2 heterocycles. The number of nitrogens with zero attached hydrogens (tertiary/aromatic N) is 4. The molecule has 1 saturated carbocycles. The smallest absolute Gasteiger partial charge is 0.270 e. The molecule has 0 radical (unpaired) electrons. The first-order valence-electron chi connectivity index (χ1n) is 8.77. The Kier molecular flexibility index (Phi) is 5.27. The third kappa shape index (κ3) is 4.01. The van der Waals surface area contributed by atoms with E-state index < -0.39 is 0 Å². The van der Waals surface area contributed by atoms with Gasteiger partial charge in [-0.2, -0.15) is 0 Å². The van der Waals surface area contributed by atoms with Crippen molar-refractivity contribution in [3.05, 3.63) is 18.1 Å². The highest BCUT2D eigenvalue weighted by atomic mass is 16.2. The van der Waals surface area contributed by atoms with Gasteiger partial charge < -0.3 is 15.1 Å². The summed E-state index contributed by atoms with van der Waals surface area (Å²) in [5.74, 6) is 0.736. The van der Waals surface area contributed by atoms with Gasteiger partial charge in [0.15, 0.2) is 0 Å². The summed E-state index contributed by atoms with van der Waals surface area (Å²) in [6.45, 7) is 4.40. The summed E-state index contributed by atoms with van der Waals surface area (Å²) in [4.78, 5) is 36.2. The minimum absolute atomic E-state index is 0.102. The largest absolute Gasteiger partial charge is 0.353 e. The Labute approximate surface area is 142 Å². The van der Waals surface area contributed by atoms with Crippen LogP contribution in [0.1, 0.15) is 49.5 Å². The predicted molar refractivity (Wildman–Crippen MR) is 90.8 cm³/mol. The van der Waals surface area contributed by atoms with Crippen LogP contribution in [0.4, 0.5) is 5.82 Å². The molecule has 0 aromatic carbocycles. The summed E-state index contributed by atoms with van der Waals surface area (Å²) in [6.07, 6.45) is 7.17. The quantitative estimate of drug-likeness (QED) is 0.901. The molecule has 2 fully saturated rings. The maximum absolute atomic E-state index is 12.4. The van der Waals surface area contributed by atoms with Crippen LogP contribution in [0, 0.1) is 0 Å². The lowest BCUT2D eigenvalue weighted by molar-refractivity contribution is -0.129. The van der Waals surface area contributed by atoms with Gasteiger partial charge in [-0.3, -0.25) is 9.59 Å². The van der Waals surface area contributed by atoms with Crippen LogP contribution in [0.2, 0.25) is 0 Å². The maximum Gasteiger partial charge on any atom is 0.270 e. The molecule has 1 saturated heterocycles. The molecule has 0 atom stereocenters. The Bertz CT molecular complexity index is 592. The van der Waals surface area contributed by atoms with Gasteiger partial charge in [-0.05, 0) is 12.8 Å². The zero-order valence-corrected chi connectivity index (χ0v) is 14.2. The van der Waals surface area contributed by atoms with Crippen molar-refractivity contribution in [1.29, 1.82) is 0 Å². The van der Waals surface area contributed by atoms with Crippen LogP contribution in [0.3, 0.4) is 0 Å². The average Bonchev–Trinajstić information content (AvgIpc) is 2.63. The van der Waals surface area contributed by atoms with Crippen molar-refractivity contribution in [1.82, 2.24) is 20.2 Å². The molecule has 24 heavy (non-hydrogen) atoms. The SMILES string of the molecule is CC(=O)N1CCN(c2cc(C(=O)NC3CCCCC3)ncn2)CC1. The molecule has 3 rings (SSSR count). The van der Waals surface area contributed by atoms with E-state index in [4.69, 9.17) is 0 Å². The zero-order chi connectivity index (χ0) is 16.9. The summed E-state index contributed by atoms with van der Waals surface area (Å²) in [5.41, 5.74) is 0.416. The molecule has 1 N–H and O–H groups in total. The Balaban J connectivity index is 1.61. The Morgan fingerprint density at radius 2 is 1.79 bits per heavy atom. The van der Waals surface area contributed by atoms with Crippen LogP contribution in [0.5, 0.6) is 0 Å². The fraction of sp³-hybridized carbons (Fsp3) is 0.647. The summed E-state index contributed by atoms with van der Waals surface area (Å²) in [5, 5.41) is 3.09.